The van der Waals surface area contributed by atoms with Crippen LogP contribution < -0.4 is 5.69 Å². The molecule has 0 atom stereocenters. The second-order valence-electron chi connectivity index (χ2n) is 2.31. The van der Waals surface area contributed by atoms with E-state index in [9.17, 15) is 4.79 Å². The van der Waals surface area contributed by atoms with Gasteiger partial charge in [-0.2, -0.15) is 4.98 Å². The van der Waals surface area contributed by atoms with Gasteiger partial charge in [-0.1, -0.05) is 6.08 Å². The van der Waals surface area contributed by atoms with Gasteiger partial charge in [-0.15, -0.1) is 6.58 Å². The summed E-state index contributed by atoms with van der Waals surface area (Å²) in [5.74, 6) is 0. The van der Waals surface area contributed by atoms with Crippen LogP contribution in [0.3, 0.4) is 0 Å². The van der Waals surface area contributed by atoms with Crippen LogP contribution in [0, 0.1) is 0 Å². The van der Waals surface area contributed by atoms with E-state index in [1.54, 1.807) is 19.3 Å². The van der Waals surface area contributed by atoms with Crippen molar-refractivity contribution in [2.24, 2.45) is 7.05 Å². The van der Waals surface area contributed by atoms with Gasteiger partial charge in [0.2, 0.25) is 0 Å². The molecule has 1 rings (SSSR count). The Kier molecular flexibility index (Phi) is 2.21. The highest BCUT2D eigenvalue weighted by Crippen LogP contribution is 1.90. The van der Waals surface area contributed by atoms with Crippen molar-refractivity contribution in [3.05, 3.63) is 41.1 Å². The second kappa shape index (κ2) is 3.14. The Hall–Kier alpha value is -1.38. The van der Waals surface area contributed by atoms with Crippen LogP contribution in [0.15, 0.2) is 29.7 Å². The van der Waals surface area contributed by atoms with Crippen molar-refractivity contribution in [3.8, 4) is 0 Å². The van der Waals surface area contributed by atoms with Gasteiger partial charge >= 0.3 is 5.69 Å². The molecule has 0 aliphatic carbocycles. The third kappa shape index (κ3) is 1.77. The fraction of sp³-hybridized carbons (Fsp3) is 0.250. The zero-order chi connectivity index (χ0) is 8.27. The lowest BCUT2D eigenvalue weighted by Gasteiger charge is -1.96. The molecule has 58 valence electrons. The SMILES string of the molecule is C=CCc1ccn(C)c(=O)n1. The number of hydrogen-bond donors (Lipinski definition) is 0. The maximum absolute atomic E-state index is 10.9. The zero-order valence-corrected chi connectivity index (χ0v) is 6.45. The lowest BCUT2D eigenvalue weighted by atomic mass is 10.3. The standard InChI is InChI=1S/C8H10N2O/c1-3-4-7-5-6-10(2)8(11)9-7/h3,5-6H,1,4H2,2H3. The van der Waals surface area contributed by atoms with E-state index in [0.29, 0.717) is 6.42 Å². The first-order valence-electron chi connectivity index (χ1n) is 3.37. The molecule has 0 bridgehead atoms. The van der Waals surface area contributed by atoms with E-state index in [1.807, 2.05) is 6.07 Å². The van der Waals surface area contributed by atoms with Crippen LogP contribution in [0.5, 0.6) is 0 Å². The molecule has 1 aromatic heterocycles. The molecule has 0 radical (unpaired) electrons. The zero-order valence-electron chi connectivity index (χ0n) is 6.45. The van der Waals surface area contributed by atoms with Crippen LogP contribution in [0.2, 0.25) is 0 Å². The van der Waals surface area contributed by atoms with Crippen LogP contribution >= 0.6 is 0 Å². The van der Waals surface area contributed by atoms with Crippen LogP contribution in [0.25, 0.3) is 0 Å². The lowest BCUT2D eigenvalue weighted by Crippen LogP contribution is -2.20. The maximum atomic E-state index is 10.9. The van der Waals surface area contributed by atoms with Crippen molar-refractivity contribution in [1.29, 1.82) is 0 Å². The second-order valence-corrected chi connectivity index (χ2v) is 2.31. The van der Waals surface area contributed by atoms with Crippen molar-refractivity contribution in [2.75, 3.05) is 0 Å². The van der Waals surface area contributed by atoms with Gasteiger partial charge in [0.05, 0.1) is 5.69 Å². The third-order valence-corrected chi connectivity index (χ3v) is 1.38. The van der Waals surface area contributed by atoms with Gasteiger partial charge < -0.3 is 4.57 Å². The molecule has 0 amide bonds. The minimum atomic E-state index is -0.218. The van der Waals surface area contributed by atoms with E-state index in [1.165, 1.54) is 4.57 Å². The van der Waals surface area contributed by atoms with Gasteiger partial charge in [0, 0.05) is 19.7 Å². The van der Waals surface area contributed by atoms with E-state index in [4.69, 9.17) is 0 Å². The monoisotopic (exact) mass is 150 g/mol. The van der Waals surface area contributed by atoms with E-state index < -0.39 is 0 Å². The van der Waals surface area contributed by atoms with E-state index in [0.717, 1.165) is 5.69 Å². The molecular weight excluding hydrogens is 140 g/mol. The molecule has 3 nitrogen and oxygen atoms in total. The van der Waals surface area contributed by atoms with Crippen LogP contribution in [0.1, 0.15) is 5.69 Å². The average Bonchev–Trinajstić information content (AvgIpc) is 1.98. The summed E-state index contributed by atoms with van der Waals surface area (Å²) in [7, 11) is 1.67. The molecular formula is C8H10N2O. The Morgan fingerprint density at radius 1 is 1.82 bits per heavy atom. The number of nitrogens with zero attached hydrogens (tertiary/aromatic N) is 2. The molecule has 11 heavy (non-hydrogen) atoms. The normalized spacial score (nSPS) is 9.55. The summed E-state index contributed by atoms with van der Waals surface area (Å²) in [5.41, 5.74) is 0.549. The lowest BCUT2D eigenvalue weighted by molar-refractivity contribution is 0.793. The predicted molar refractivity (Wildman–Crippen MR) is 43.4 cm³/mol. The fourth-order valence-electron chi connectivity index (χ4n) is 0.762. The van der Waals surface area contributed by atoms with Crippen molar-refractivity contribution in [3.63, 3.8) is 0 Å². The molecule has 0 saturated heterocycles. The average molecular weight is 150 g/mol. The molecule has 1 aromatic rings. The van der Waals surface area contributed by atoms with Gasteiger partial charge in [0.1, 0.15) is 0 Å². The Bertz CT molecular complexity index is 314. The summed E-state index contributed by atoms with van der Waals surface area (Å²) in [6.45, 7) is 3.56. The smallest absolute Gasteiger partial charge is 0.302 e. The Morgan fingerprint density at radius 2 is 2.55 bits per heavy atom. The molecule has 0 aliphatic rings. The molecule has 0 aromatic carbocycles. The summed E-state index contributed by atoms with van der Waals surface area (Å²) in [6.07, 6.45) is 4.08. The van der Waals surface area contributed by atoms with Crippen molar-refractivity contribution >= 4 is 0 Å². The minimum Gasteiger partial charge on any atom is -0.302 e. The summed E-state index contributed by atoms with van der Waals surface area (Å²) in [5, 5.41) is 0. The van der Waals surface area contributed by atoms with Gasteiger partial charge in [-0.25, -0.2) is 4.79 Å². The molecule has 0 fully saturated rings. The molecule has 1 heterocycles. The summed E-state index contributed by atoms with van der Waals surface area (Å²) in [4.78, 5) is 14.7. The van der Waals surface area contributed by atoms with E-state index >= 15 is 0 Å². The van der Waals surface area contributed by atoms with Gasteiger partial charge in [0.15, 0.2) is 0 Å². The molecule has 0 saturated carbocycles. The number of hydrogen-bond acceptors (Lipinski definition) is 2. The number of allylic oxidation sites excluding steroid dienone is 1. The Morgan fingerprint density at radius 3 is 3.09 bits per heavy atom. The first-order valence-corrected chi connectivity index (χ1v) is 3.37. The molecule has 0 aliphatic heterocycles. The minimum absolute atomic E-state index is 0.218. The number of aryl methyl sites for hydroxylation is 1. The Balaban J connectivity index is 3.05. The number of rotatable bonds is 2. The number of aromatic nitrogens is 2. The van der Waals surface area contributed by atoms with Crippen molar-refractivity contribution in [1.82, 2.24) is 9.55 Å². The summed E-state index contributed by atoms with van der Waals surface area (Å²) < 4.78 is 1.44. The molecule has 0 unspecified atom stereocenters. The molecule has 3 heteroatoms. The van der Waals surface area contributed by atoms with Crippen LogP contribution in [-0.2, 0) is 13.5 Å². The third-order valence-electron chi connectivity index (χ3n) is 1.38. The summed E-state index contributed by atoms with van der Waals surface area (Å²) >= 11 is 0. The van der Waals surface area contributed by atoms with Gasteiger partial charge in [-0.3, -0.25) is 0 Å². The van der Waals surface area contributed by atoms with Crippen molar-refractivity contribution < 1.29 is 0 Å². The molecule has 0 spiro atoms. The van der Waals surface area contributed by atoms with Crippen LogP contribution in [0.4, 0.5) is 0 Å². The topological polar surface area (TPSA) is 34.9 Å². The first-order chi connectivity index (χ1) is 5.24. The molecule has 0 N–H and O–H groups in total. The predicted octanol–water partition coefficient (Wildman–Crippen LogP) is 0.509. The summed E-state index contributed by atoms with van der Waals surface area (Å²) in [6, 6.07) is 1.81. The van der Waals surface area contributed by atoms with E-state index in [-0.39, 0.29) is 5.69 Å². The van der Waals surface area contributed by atoms with Gasteiger partial charge in [-0.05, 0) is 6.07 Å². The maximum Gasteiger partial charge on any atom is 0.347 e. The van der Waals surface area contributed by atoms with E-state index in [2.05, 4.69) is 11.6 Å². The quantitative estimate of drug-likeness (QED) is 0.576. The highest BCUT2D eigenvalue weighted by atomic mass is 16.1. The largest absolute Gasteiger partial charge is 0.347 e. The Labute approximate surface area is 65.0 Å². The van der Waals surface area contributed by atoms with Gasteiger partial charge in [0.25, 0.3) is 0 Å². The highest BCUT2D eigenvalue weighted by molar-refractivity contribution is 5.02. The fourth-order valence-corrected chi connectivity index (χ4v) is 0.762. The highest BCUT2D eigenvalue weighted by Gasteiger charge is 1.93. The first kappa shape index (κ1) is 7.72. The van der Waals surface area contributed by atoms with Crippen LogP contribution in [-0.4, -0.2) is 9.55 Å². The van der Waals surface area contributed by atoms with Crippen molar-refractivity contribution in [2.45, 2.75) is 6.42 Å².